The number of aryl methyl sites for hydroxylation is 2. The Morgan fingerprint density at radius 2 is 1.95 bits per heavy atom. The van der Waals surface area contributed by atoms with Crippen molar-refractivity contribution < 1.29 is 4.39 Å². The smallest absolute Gasteiger partial charge is 0.133 e. The van der Waals surface area contributed by atoms with Crippen LogP contribution in [0.3, 0.4) is 0 Å². The van der Waals surface area contributed by atoms with E-state index >= 15 is 0 Å². The average Bonchev–Trinajstić information content (AvgIpc) is 2.88. The fourth-order valence-electron chi connectivity index (χ4n) is 2.57. The Kier molecular flexibility index (Phi) is 4.42. The molecule has 1 aliphatic rings. The topological polar surface area (TPSA) is 21.1 Å². The highest BCUT2D eigenvalue weighted by atomic mass is 19.1. The molecule has 2 heterocycles. The number of rotatable bonds is 1. The minimum Gasteiger partial charge on any atom is -0.374 e. The molecule has 1 aliphatic heterocycles. The van der Waals surface area contributed by atoms with Gasteiger partial charge in [0.05, 0.1) is 6.20 Å². The average molecular weight is 275 g/mol. The Labute approximate surface area is 120 Å². The molecular weight excluding hydrogens is 253 g/mol. The van der Waals surface area contributed by atoms with E-state index in [0.717, 1.165) is 30.6 Å². The molecule has 1 aromatic heterocycles. The first-order chi connectivity index (χ1) is 9.65. The Hall–Kier alpha value is -1.84. The van der Waals surface area contributed by atoms with Crippen molar-refractivity contribution in [2.45, 2.75) is 26.7 Å². The Morgan fingerprint density at radius 1 is 1.20 bits per heavy atom. The number of halogens is 1. The van der Waals surface area contributed by atoms with E-state index in [1.54, 1.807) is 16.9 Å². The number of fused-ring (bicyclic) bond motifs is 1. The van der Waals surface area contributed by atoms with Crippen molar-refractivity contribution in [1.29, 1.82) is 0 Å². The SMILES string of the molecule is CC.CN1CCCc2cc(-c3cnn(C)c3)c(F)cc21. The minimum absolute atomic E-state index is 0.171. The number of benzene rings is 1. The molecule has 0 saturated carbocycles. The molecular formula is C16H22FN3. The lowest BCUT2D eigenvalue weighted by atomic mass is 9.97. The van der Waals surface area contributed by atoms with Crippen molar-refractivity contribution in [3.05, 3.63) is 35.9 Å². The zero-order valence-electron chi connectivity index (χ0n) is 12.7. The second-order valence-corrected chi connectivity index (χ2v) is 4.89. The van der Waals surface area contributed by atoms with Crippen molar-refractivity contribution >= 4 is 5.69 Å². The van der Waals surface area contributed by atoms with Gasteiger partial charge in [0.2, 0.25) is 0 Å². The number of aromatic nitrogens is 2. The van der Waals surface area contributed by atoms with Crippen molar-refractivity contribution in [2.24, 2.45) is 7.05 Å². The normalized spacial score (nSPS) is 13.6. The Bertz CT molecular complexity index is 589. The fourth-order valence-corrected chi connectivity index (χ4v) is 2.57. The summed E-state index contributed by atoms with van der Waals surface area (Å²) in [5, 5.41) is 4.10. The molecule has 0 radical (unpaired) electrons. The maximum Gasteiger partial charge on any atom is 0.133 e. The van der Waals surface area contributed by atoms with Crippen LogP contribution in [0.4, 0.5) is 10.1 Å². The summed E-state index contributed by atoms with van der Waals surface area (Å²) >= 11 is 0. The second kappa shape index (κ2) is 6.07. The summed E-state index contributed by atoms with van der Waals surface area (Å²) in [7, 11) is 3.86. The molecule has 0 fully saturated rings. The highest BCUT2D eigenvalue weighted by Gasteiger charge is 2.18. The van der Waals surface area contributed by atoms with Gasteiger partial charge in [-0.3, -0.25) is 4.68 Å². The molecule has 0 bridgehead atoms. The van der Waals surface area contributed by atoms with Crippen LogP contribution in [0.25, 0.3) is 11.1 Å². The molecule has 20 heavy (non-hydrogen) atoms. The van der Waals surface area contributed by atoms with E-state index in [9.17, 15) is 4.39 Å². The van der Waals surface area contributed by atoms with Crippen LogP contribution in [0.15, 0.2) is 24.5 Å². The van der Waals surface area contributed by atoms with Crippen molar-refractivity contribution in [2.75, 3.05) is 18.5 Å². The van der Waals surface area contributed by atoms with Crippen molar-refractivity contribution in [1.82, 2.24) is 9.78 Å². The Morgan fingerprint density at radius 3 is 2.60 bits per heavy atom. The van der Waals surface area contributed by atoms with E-state index in [1.165, 1.54) is 5.56 Å². The lowest BCUT2D eigenvalue weighted by Gasteiger charge is -2.28. The number of anilines is 1. The molecule has 3 rings (SSSR count). The molecule has 0 unspecified atom stereocenters. The third kappa shape index (κ3) is 2.69. The molecule has 0 aliphatic carbocycles. The highest BCUT2D eigenvalue weighted by Crippen LogP contribution is 2.33. The first-order valence-corrected chi connectivity index (χ1v) is 7.18. The molecule has 0 spiro atoms. The van der Waals surface area contributed by atoms with Gasteiger partial charge in [0.15, 0.2) is 0 Å². The van der Waals surface area contributed by atoms with Gasteiger partial charge >= 0.3 is 0 Å². The van der Waals surface area contributed by atoms with Gasteiger partial charge in [0, 0.05) is 43.7 Å². The summed E-state index contributed by atoms with van der Waals surface area (Å²) in [5.41, 5.74) is 3.73. The van der Waals surface area contributed by atoms with Gasteiger partial charge < -0.3 is 4.90 Å². The van der Waals surface area contributed by atoms with E-state index in [-0.39, 0.29) is 5.82 Å². The third-order valence-electron chi connectivity index (χ3n) is 3.54. The standard InChI is InChI=1S/C14H16FN3.C2H6/c1-17-5-3-4-10-6-12(13(15)7-14(10)17)11-8-16-18(2)9-11;1-2/h6-9H,3-5H2,1-2H3;1-2H3. The number of hydrogen-bond acceptors (Lipinski definition) is 2. The molecule has 108 valence electrons. The lowest BCUT2D eigenvalue weighted by Crippen LogP contribution is -2.24. The van der Waals surface area contributed by atoms with Crippen LogP contribution in [0.5, 0.6) is 0 Å². The molecule has 0 saturated heterocycles. The van der Waals surface area contributed by atoms with E-state index in [2.05, 4.69) is 10.00 Å². The maximum atomic E-state index is 14.2. The summed E-state index contributed by atoms with van der Waals surface area (Å²) in [4.78, 5) is 2.12. The molecule has 0 N–H and O–H groups in total. The van der Waals surface area contributed by atoms with E-state index < -0.39 is 0 Å². The van der Waals surface area contributed by atoms with Crippen LogP contribution in [0.2, 0.25) is 0 Å². The predicted molar refractivity (Wildman–Crippen MR) is 81.5 cm³/mol. The van der Waals surface area contributed by atoms with Crippen LogP contribution in [-0.2, 0) is 13.5 Å². The Balaban J connectivity index is 0.000000704. The molecule has 3 nitrogen and oxygen atoms in total. The first-order valence-electron chi connectivity index (χ1n) is 7.18. The summed E-state index contributed by atoms with van der Waals surface area (Å²) in [6.07, 6.45) is 5.70. The molecule has 4 heteroatoms. The van der Waals surface area contributed by atoms with Gasteiger partial charge in [-0.05, 0) is 30.5 Å². The number of nitrogens with zero attached hydrogens (tertiary/aromatic N) is 3. The van der Waals surface area contributed by atoms with Gasteiger partial charge in [0.25, 0.3) is 0 Å². The van der Waals surface area contributed by atoms with Gasteiger partial charge in [-0.2, -0.15) is 5.10 Å². The van der Waals surface area contributed by atoms with Crippen LogP contribution < -0.4 is 4.90 Å². The summed E-state index contributed by atoms with van der Waals surface area (Å²) in [5.74, 6) is -0.171. The quantitative estimate of drug-likeness (QED) is 0.792. The first kappa shape index (κ1) is 14.6. The van der Waals surface area contributed by atoms with Crippen molar-refractivity contribution in [3.63, 3.8) is 0 Å². The molecule has 1 aromatic carbocycles. The second-order valence-electron chi connectivity index (χ2n) is 4.89. The zero-order valence-corrected chi connectivity index (χ0v) is 12.7. The van der Waals surface area contributed by atoms with E-state index in [1.807, 2.05) is 40.2 Å². The van der Waals surface area contributed by atoms with Gasteiger partial charge in [-0.15, -0.1) is 0 Å². The minimum atomic E-state index is -0.171. The monoisotopic (exact) mass is 275 g/mol. The largest absolute Gasteiger partial charge is 0.374 e. The van der Waals surface area contributed by atoms with Crippen LogP contribution in [0.1, 0.15) is 25.8 Å². The summed E-state index contributed by atoms with van der Waals surface area (Å²) < 4.78 is 15.9. The molecule has 0 amide bonds. The van der Waals surface area contributed by atoms with Gasteiger partial charge in [-0.1, -0.05) is 13.8 Å². The maximum absolute atomic E-state index is 14.2. The van der Waals surface area contributed by atoms with Crippen LogP contribution in [0, 0.1) is 5.82 Å². The fraction of sp³-hybridized carbons (Fsp3) is 0.438. The third-order valence-corrected chi connectivity index (χ3v) is 3.54. The van der Waals surface area contributed by atoms with Crippen LogP contribution in [-0.4, -0.2) is 23.4 Å². The number of hydrogen-bond donors (Lipinski definition) is 0. The summed E-state index contributed by atoms with van der Waals surface area (Å²) in [6.45, 7) is 5.00. The molecule has 2 aromatic rings. The molecule has 0 atom stereocenters. The van der Waals surface area contributed by atoms with Crippen molar-refractivity contribution in [3.8, 4) is 11.1 Å². The predicted octanol–water partition coefficient (Wildman–Crippen LogP) is 3.63. The highest BCUT2D eigenvalue weighted by molar-refractivity contribution is 5.69. The summed E-state index contributed by atoms with van der Waals surface area (Å²) in [6, 6.07) is 3.62. The zero-order chi connectivity index (χ0) is 14.7. The van der Waals surface area contributed by atoms with Gasteiger partial charge in [0.1, 0.15) is 5.82 Å². The lowest BCUT2D eigenvalue weighted by molar-refractivity contribution is 0.626. The van der Waals surface area contributed by atoms with E-state index in [4.69, 9.17) is 0 Å². The van der Waals surface area contributed by atoms with Crippen LogP contribution >= 0.6 is 0 Å². The van der Waals surface area contributed by atoms with Gasteiger partial charge in [-0.25, -0.2) is 4.39 Å². The van der Waals surface area contributed by atoms with E-state index in [0.29, 0.717) is 5.56 Å².